The summed E-state index contributed by atoms with van der Waals surface area (Å²) in [5, 5.41) is 22.3. The van der Waals surface area contributed by atoms with E-state index in [4.69, 9.17) is 16.0 Å². The van der Waals surface area contributed by atoms with Crippen LogP contribution in [-0.2, 0) is 4.79 Å². The third-order valence-corrected chi connectivity index (χ3v) is 4.99. The second kappa shape index (κ2) is 8.59. The minimum Gasteiger partial charge on any atom is -0.411 e. The predicted octanol–water partition coefficient (Wildman–Crippen LogP) is 3.54. The molecule has 4 rings (SSSR count). The van der Waals surface area contributed by atoms with Gasteiger partial charge in [0.15, 0.2) is 5.82 Å². The number of hydrogen-bond acceptors (Lipinski definition) is 8. The van der Waals surface area contributed by atoms with Crippen LogP contribution in [0.4, 0.5) is 10.1 Å². The monoisotopic (exact) mass is 445 g/mol. The van der Waals surface area contributed by atoms with Gasteiger partial charge >= 0.3 is 0 Å². The van der Waals surface area contributed by atoms with E-state index in [9.17, 15) is 9.18 Å². The number of hydrogen-bond donors (Lipinski definition) is 1. The molecule has 12 heteroatoms. The second-order valence-electron chi connectivity index (χ2n) is 6.02. The Hall–Kier alpha value is -3.31. The topological polar surface area (TPSA) is 112 Å². The van der Waals surface area contributed by atoms with Crippen molar-refractivity contribution in [1.82, 2.24) is 30.4 Å². The van der Waals surface area contributed by atoms with Crippen LogP contribution in [0, 0.1) is 12.7 Å². The molecule has 2 aromatic carbocycles. The van der Waals surface area contributed by atoms with Crippen molar-refractivity contribution in [3.05, 3.63) is 59.1 Å². The average Bonchev–Trinajstić information content (AvgIpc) is 3.38. The zero-order valence-electron chi connectivity index (χ0n) is 15.4. The van der Waals surface area contributed by atoms with Crippen LogP contribution in [0.25, 0.3) is 17.1 Å². The van der Waals surface area contributed by atoms with Gasteiger partial charge in [0, 0.05) is 10.6 Å². The van der Waals surface area contributed by atoms with Gasteiger partial charge in [0.1, 0.15) is 5.82 Å². The number of aryl methyl sites for hydroxylation is 1. The van der Waals surface area contributed by atoms with Gasteiger partial charge < -0.3 is 9.73 Å². The normalized spacial score (nSPS) is 10.9. The van der Waals surface area contributed by atoms with Gasteiger partial charge in [0.25, 0.3) is 5.22 Å². The van der Waals surface area contributed by atoms with Gasteiger partial charge in [-0.2, -0.15) is 4.68 Å². The van der Waals surface area contributed by atoms with Gasteiger partial charge in [-0.1, -0.05) is 23.4 Å². The Morgan fingerprint density at radius 1 is 1.20 bits per heavy atom. The molecule has 0 aliphatic heterocycles. The van der Waals surface area contributed by atoms with Crippen LogP contribution in [0.3, 0.4) is 0 Å². The maximum Gasteiger partial charge on any atom is 0.277 e. The van der Waals surface area contributed by atoms with Crippen molar-refractivity contribution in [1.29, 1.82) is 0 Å². The highest BCUT2D eigenvalue weighted by Crippen LogP contribution is 2.25. The third kappa shape index (κ3) is 4.47. The number of nitrogens with one attached hydrogen (secondary N) is 1. The minimum atomic E-state index is -0.578. The number of anilines is 1. The molecule has 2 heterocycles. The van der Waals surface area contributed by atoms with Crippen molar-refractivity contribution >= 4 is 35.0 Å². The van der Waals surface area contributed by atoms with Crippen LogP contribution in [0.15, 0.2) is 52.1 Å². The lowest BCUT2D eigenvalue weighted by Crippen LogP contribution is -2.15. The highest BCUT2D eigenvalue weighted by atomic mass is 35.5. The molecular weight excluding hydrogens is 433 g/mol. The average molecular weight is 446 g/mol. The summed E-state index contributed by atoms with van der Waals surface area (Å²) in [6.45, 7) is 1.71. The highest BCUT2D eigenvalue weighted by molar-refractivity contribution is 7.99. The molecule has 0 radical (unpaired) electrons. The molecule has 0 bridgehead atoms. The number of carbonyl (C=O) groups excluding carboxylic acids is 1. The van der Waals surface area contributed by atoms with Crippen LogP contribution in [-0.4, -0.2) is 42.1 Å². The van der Waals surface area contributed by atoms with E-state index in [0.29, 0.717) is 28.0 Å². The summed E-state index contributed by atoms with van der Waals surface area (Å²) in [4.78, 5) is 12.3. The number of benzene rings is 2. The van der Waals surface area contributed by atoms with Crippen LogP contribution in [0.1, 0.15) is 5.82 Å². The zero-order chi connectivity index (χ0) is 21.1. The molecule has 1 amide bonds. The molecule has 0 spiro atoms. The Kier molecular flexibility index (Phi) is 5.72. The summed E-state index contributed by atoms with van der Waals surface area (Å²) in [5.74, 6) is -0.218. The fourth-order valence-corrected chi connectivity index (χ4v) is 3.19. The summed E-state index contributed by atoms with van der Waals surface area (Å²) < 4.78 is 21.1. The third-order valence-electron chi connectivity index (χ3n) is 3.92. The van der Waals surface area contributed by atoms with Crippen molar-refractivity contribution in [3.63, 3.8) is 0 Å². The Bertz CT molecular complexity index is 1200. The van der Waals surface area contributed by atoms with E-state index in [1.165, 1.54) is 22.9 Å². The molecule has 9 nitrogen and oxygen atoms in total. The van der Waals surface area contributed by atoms with Gasteiger partial charge in [-0.05, 0) is 59.8 Å². The first-order valence-corrected chi connectivity index (χ1v) is 9.93. The quantitative estimate of drug-likeness (QED) is 0.448. The van der Waals surface area contributed by atoms with Gasteiger partial charge in [-0.15, -0.1) is 15.3 Å². The molecule has 2 aromatic heterocycles. The lowest BCUT2D eigenvalue weighted by molar-refractivity contribution is -0.113. The number of nitrogens with zero attached hydrogens (tertiary/aromatic N) is 6. The van der Waals surface area contributed by atoms with E-state index in [1.54, 1.807) is 31.2 Å². The number of halogens is 2. The van der Waals surface area contributed by atoms with Crippen molar-refractivity contribution in [2.45, 2.75) is 12.1 Å². The fourth-order valence-electron chi connectivity index (χ4n) is 2.50. The van der Waals surface area contributed by atoms with Crippen molar-refractivity contribution in [2.75, 3.05) is 11.1 Å². The summed E-state index contributed by atoms with van der Waals surface area (Å²) in [6.07, 6.45) is 0. The molecule has 0 saturated carbocycles. The number of amides is 1. The number of tetrazole rings is 1. The van der Waals surface area contributed by atoms with Crippen LogP contribution in [0.5, 0.6) is 0 Å². The summed E-state index contributed by atoms with van der Waals surface area (Å²) in [6, 6.07) is 11.1. The summed E-state index contributed by atoms with van der Waals surface area (Å²) >= 11 is 6.90. The van der Waals surface area contributed by atoms with Gasteiger partial charge in [0.2, 0.25) is 11.8 Å². The van der Waals surface area contributed by atoms with E-state index >= 15 is 0 Å². The molecule has 4 aromatic rings. The highest BCUT2D eigenvalue weighted by Gasteiger charge is 2.14. The molecule has 0 fully saturated rings. The maximum atomic E-state index is 14.1. The van der Waals surface area contributed by atoms with E-state index in [2.05, 4.69) is 31.0 Å². The maximum absolute atomic E-state index is 14.1. The number of rotatable bonds is 6. The largest absolute Gasteiger partial charge is 0.411 e. The molecule has 0 atom stereocenters. The van der Waals surface area contributed by atoms with E-state index in [0.717, 1.165) is 11.8 Å². The molecule has 1 N–H and O–H groups in total. The Morgan fingerprint density at radius 2 is 2.00 bits per heavy atom. The lowest BCUT2D eigenvalue weighted by Gasteiger charge is -2.08. The Morgan fingerprint density at radius 3 is 2.73 bits per heavy atom. The van der Waals surface area contributed by atoms with E-state index in [-0.39, 0.29) is 16.7 Å². The minimum absolute atomic E-state index is 0.0142. The first-order chi connectivity index (χ1) is 14.5. The van der Waals surface area contributed by atoms with Gasteiger partial charge in [-0.3, -0.25) is 4.79 Å². The second-order valence-corrected chi connectivity index (χ2v) is 7.38. The first kappa shape index (κ1) is 20.0. The predicted molar refractivity (Wildman–Crippen MR) is 108 cm³/mol. The first-order valence-electron chi connectivity index (χ1n) is 8.56. The fraction of sp³-hybridized carbons (Fsp3) is 0.111. The summed E-state index contributed by atoms with van der Waals surface area (Å²) in [7, 11) is 0. The molecule has 30 heavy (non-hydrogen) atoms. The zero-order valence-corrected chi connectivity index (χ0v) is 17.0. The van der Waals surface area contributed by atoms with E-state index < -0.39 is 11.7 Å². The lowest BCUT2D eigenvalue weighted by atomic mass is 10.2. The van der Waals surface area contributed by atoms with Crippen molar-refractivity contribution in [2.24, 2.45) is 0 Å². The molecule has 0 saturated heterocycles. The molecule has 0 unspecified atom stereocenters. The van der Waals surface area contributed by atoms with Gasteiger partial charge in [0.05, 0.1) is 17.1 Å². The number of thioether (sulfide) groups is 1. The Labute approximate surface area is 178 Å². The van der Waals surface area contributed by atoms with E-state index in [1.807, 2.05) is 0 Å². The number of carbonyl (C=O) groups is 1. The van der Waals surface area contributed by atoms with Crippen LogP contribution < -0.4 is 5.32 Å². The SMILES string of the molecule is Cc1nnnn1-c1ccc(F)c(NC(=O)CSc2nnc(-c3ccc(Cl)cc3)o2)c1. The smallest absolute Gasteiger partial charge is 0.277 e. The molecule has 152 valence electrons. The van der Waals surface area contributed by atoms with Crippen LogP contribution >= 0.6 is 23.4 Å². The Balaban J connectivity index is 1.40. The van der Waals surface area contributed by atoms with Crippen LogP contribution in [0.2, 0.25) is 5.02 Å². The standard InChI is InChI=1S/C18H13ClFN7O2S/c1-10-22-25-26-27(10)13-6-7-14(20)15(8-13)21-16(28)9-30-18-24-23-17(29-18)11-2-4-12(19)5-3-11/h2-8H,9H2,1H3,(H,21,28). The van der Waals surface area contributed by atoms with Crippen molar-refractivity contribution in [3.8, 4) is 17.1 Å². The number of aromatic nitrogens is 6. The molecule has 0 aliphatic carbocycles. The molecule has 0 aliphatic rings. The molecular formula is C18H13ClFN7O2S. The van der Waals surface area contributed by atoms with Crippen molar-refractivity contribution < 1.29 is 13.6 Å². The van der Waals surface area contributed by atoms with Gasteiger partial charge in [-0.25, -0.2) is 4.39 Å². The summed E-state index contributed by atoms with van der Waals surface area (Å²) in [5.41, 5.74) is 1.24.